The van der Waals surface area contributed by atoms with Crippen molar-refractivity contribution in [3.8, 4) is 5.69 Å². The molecule has 0 spiro atoms. The lowest BCUT2D eigenvalue weighted by molar-refractivity contribution is 0.574. The van der Waals surface area contributed by atoms with Crippen LogP contribution >= 0.6 is 23.2 Å². The highest BCUT2D eigenvalue weighted by Crippen LogP contribution is 2.27. The molecule has 1 aromatic heterocycles. The topological polar surface area (TPSA) is 22.0 Å². The number of rotatable bonds is 3. The van der Waals surface area contributed by atoms with Crippen molar-refractivity contribution in [1.29, 1.82) is 0 Å². The highest BCUT2D eigenvalue weighted by atomic mass is 35.5. The van der Waals surface area contributed by atoms with Gasteiger partial charge < -0.3 is 0 Å². The second-order valence-electron chi connectivity index (χ2n) is 5.23. The summed E-state index contributed by atoms with van der Waals surface area (Å²) in [6.07, 6.45) is 1.76. The van der Waals surface area contributed by atoms with E-state index in [9.17, 15) is 13.6 Å². The zero-order valence-corrected chi connectivity index (χ0v) is 13.8. The van der Waals surface area contributed by atoms with Gasteiger partial charge in [-0.15, -0.1) is 0 Å². The van der Waals surface area contributed by atoms with E-state index in [2.05, 4.69) is 0 Å². The highest BCUT2D eigenvalue weighted by molar-refractivity contribution is 6.37. The molecule has 0 saturated carbocycles. The molecule has 0 saturated heterocycles. The average molecular weight is 366 g/mol. The summed E-state index contributed by atoms with van der Waals surface area (Å²) in [5.74, 6) is -1.27. The molecule has 0 aliphatic rings. The minimum Gasteiger partial charge on any atom is -0.281 e. The van der Waals surface area contributed by atoms with Crippen LogP contribution in [0.1, 0.15) is 11.1 Å². The molecule has 2 aromatic carbocycles. The summed E-state index contributed by atoms with van der Waals surface area (Å²) < 4.78 is 28.1. The highest BCUT2D eigenvalue weighted by Gasteiger charge is 2.11. The Labute approximate surface area is 146 Å². The molecule has 0 fully saturated rings. The van der Waals surface area contributed by atoms with Gasteiger partial charge in [0.25, 0.3) is 5.56 Å². The minimum atomic E-state index is -0.636. The van der Waals surface area contributed by atoms with Crippen LogP contribution in [0.5, 0.6) is 0 Å². The van der Waals surface area contributed by atoms with Gasteiger partial charge in [0, 0.05) is 24.8 Å². The Balaban J connectivity index is 2.05. The number of halogens is 4. The van der Waals surface area contributed by atoms with Gasteiger partial charge in [-0.2, -0.15) is 0 Å². The molecule has 0 N–H and O–H groups in total. The molecule has 6 heteroatoms. The van der Waals surface area contributed by atoms with Crippen LogP contribution < -0.4 is 5.56 Å². The van der Waals surface area contributed by atoms with Gasteiger partial charge in [0.15, 0.2) is 0 Å². The van der Waals surface area contributed by atoms with Crippen molar-refractivity contribution >= 4 is 23.2 Å². The lowest BCUT2D eigenvalue weighted by Crippen LogP contribution is -2.18. The number of aromatic nitrogens is 1. The third-order valence-corrected chi connectivity index (χ3v) is 4.17. The molecule has 122 valence electrons. The summed E-state index contributed by atoms with van der Waals surface area (Å²) in [5, 5.41) is 0.657. The van der Waals surface area contributed by atoms with Gasteiger partial charge in [-0.05, 0) is 29.3 Å². The molecule has 0 aliphatic carbocycles. The second kappa shape index (κ2) is 6.75. The van der Waals surface area contributed by atoms with E-state index in [-0.39, 0.29) is 12.0 Å². The lowest BCUT2D eigenvalue weighted by atomic mass is 10.1. The Hall–Kier alpha value is -2.17. The van der Waals surface area contributed by atoms with Gasteiger partial charge in [-0.3, -0.25) is 9.36 Å². The standard InChI is InChI=1S/C18H11Cl2F2NO/c19-14-2-1-3-15(20)18(14)23-10-11(4-7-17(23)24)8-12-5-6-13(21)9-16(12)22/h1-7,9-10H,8H2. The van der Waals surface area contributed by atoms with Crippen LogP contribution in [0.15, 0.2) is 59.5 Å². The Kier molecular flexibility index (Phi) is 4.69. The monoisotopic (exact) mass is 365 g/mol. The van der Waals surface area contributed by atoms with E-state index >= 15 is 0 Å². The predicted octanol–water partition coefficient (Wildman–Crippen LogP) is 5.01. The number of hydrogen-bond acceptors (Lipinski definition) is 1. The van der Waals surface area contributed by atoms with Gasteiger partial charge in [0.2, 0.25) is 0 Å². The maximum absolute atomic E-state index is 13.8. The minimum absolute atomic E-state index is 0.203. The van der Waals surface area contributed by atoms with Crippen molar-refractivity contribution < 1.29 is 8.78 Å². The molecule has 2 nitrogen and oxygen atoms in total. The SMILES string of the molecule is O=c1ccc(Cc2ccc(F)cc2F)cn1-c1c(Cl)cccc1Cl. The zero-order chi connectivity index (χ0) is 17.3. The fourth-order valence-electron chi connectivity index (χ4n) is 2.41. The van der Waals surface area contributed by atoms with Crippen LogP contribution in [-0.4, -0.2) is 4.57 Å². The number of hydrogen-bond donors (Lipinski definition) is 0. The van der Waals surface area contributed by atoms with Gasteiger partial charge in [-0.25, -0.2) is 8.78 Å². The molecule has 0 aliphatic heterocycles. The van der Waals surface area contributed by atoms with E-state index in [4.69, 9.17) is 23.2 Å². The third-order valence-electron chi connectivity index (χ3n) is 3.56. The van der Waals surface area contributed by atoms with Crippen LogP contribution in [0.2, 0.25) is 10.0 Å². The molecule has 0 amide bonds. The van der Waals surface area contributed by atoms with E-state index in [0.29, 0.717) is 26.9 Å². The van der Waals surface area contributed by atoms with Crippen molar-refractivity contribution in [2.45, 2.75) is 6.42 Å². The summed E-state index contributed by atoms with van der Waals surface area (Å²) in [4.78, 5) is 12.2. The largest absolute Gasteiger partial charge is 0.281 e. The van der Waals surface area contributed by atoms with Crippen LogP contribution in [0.3, 0.4) is 0 Å². The normalized spacial score (nSPS) is 10.8. The van der Waals surface area contributed by atoms with Gasteiger partial charge in [0.05, 0.1) is 15.7 Å². The summed E-state index contributed by atoms with van der Waals surface area (Å²) in [6, 6.07) is 11.3. The van der Waals surface area contributed by atoms with Crippen molar-refractivity contribution in [3.63, 3.8) is 0 Å². The first-order chi connectivity index (χ1) is 11.5. The molecule has 0 radical (unpaired) electrons. The second-order valence-corrected chi connectivity index (χ2v) is 6.04. The van der Waals surface area contributed by atoms with E-state index in [0.717, 1.165) is 6.07 Å². The molecular weight excluding hydrogens is 355 g/mol. The maximum Gasteiger partial charge on any atom is 0.255 e. The molecule has 0 bridgehead atoms. The summed E-state index contributed by atoms with van der Waals surface area (Å²) in [5.41, 5.74) is 1.04. The fourth-order valence-corrected chi connectivity index (χ4v) is 2.99. The molecule has 0 unspecified atom stereocenters. The van der Waals surface area contributed by atoms with Crippen molar-refractivity contribution in [3.05, 3.63) is 97.9 Å². The summed E-state index contributed by atoms with van der Waals surface area (Å²) in [6.45, 7) is 0. The Bertz CT molecular complexity index is 949. The first-order valence-corrected chi connectivity index (χ1v) is 7.81. The quantitative estimate of drug-likeness (QED) is 0.639. The number of benzene rings is 2. The summed E-state index contributed by atoms with van der Waals surface area (Å²) in [7, 11) is 0. The first kappa shape index (κ1) is 16.7. The predicted molar refractivity (Wildman–Crippen MR) is 91.2 cm³/mol. The van der Waals surface area contributed by atoms with Gasteiger partial charge in [0.1, 0.15) is 11.6 Å². The number of nitrogens with zero attached hydrogens (tertiary/aromatic N) is 1. The summed E-state index contributed by atoms with van der Waals surface area (Å²) >= 11 is 12.3. The molecule has 24 heavy (non-hydrogen) atoms. The molecular formula is C18H11Cl2F2NO. The zero-order valence-electron chi connectivity index (χ0n) is 12.3. The lowest BCUT2D eigenvalue weighted by Gasteiger charge is -2.12. The Morgan fingerprint density at radius 2 is 1.67 bits per heavy atom. The Morgan fingerprint density at radius 1 is 0.958 bits per heavy atom. The van der Waals surface area contributed by atoms with Gasteiger partial charge >= 0.3 is 0 Å². The van der Waals surface area contributed by atoms with Gasteiger partial charge in [-0.1, -0.05) is 41.4 Å². The first-order valence-electron chi connectivity index (χ1n) is 7.05. The van der Waals surface area contributed by atoms with E-state index < -0.39 is 11.6 Å². The fraction of sp³-hybridized carbons (Fsp3) is 0.0556. The van der Waals surface area contributed by atoms with Crippen LogP contribution in [0.4, 0.5) is 8.78 Å². The molecule has 3 aromatic rings. The van der Waals surface area contributed by atoms with Crippen LogP contribution in [0.25, 0.3) is 5.69 Å². The van der Waals surface area contributed by atoms with E-state index in [1.807, 2.05) is 0 Å². The molecule has 3 rings (SSSR count). The molecule has 0 atom stereocenters. The smallest absolute Gasteiger partial charge is 0.255 e. The van der Waals surface area contributed by atoms with Crippen LogP contribution in [-0.2, 0) is 6.42 Å². The van der Waals surface area contributed by atoms with Crippen molar-refractivity contribution in [1.82, 2.24) is 4.57 Å². The molecule has 1 heterocycles. The maximum atomic E-state index is 13.8. The average Bonchev–Trinajstić information content (AvgIpc) is 2.53. The number of para-hydroxylation sites is 1. The third kappa shape index (κ3) is 3.35. The Morgan fingerprint density at radius 3 is 2.33 bits per heavy atom. The van der Waals surface area contributed by atoms with E-state index in [1.165, 1.54) is 22.8 Å². The number of pyridine rings is 1. The van der Waals surface area contributed by atoms with Crippen molar-refractivity contribution in [2.75, 3.05) is 0 Å². The van der Waals surface area contributed by atoms with Crippen molar-refractivity contribution in [2.24, 2.45) is 0 Å². The van der Waals surface area contributed by atoms with E-state index in [1.54, 1.807) is 30.5 Å². The van der Waals surface area contributed by atoms with Crippen LogP contribution in [0, 0.1) is 11.6 Å².